The predicted octanol–water partition coefficient (Wildman–Crippen LogP) is 1.92. The summed E-state index contributed by atoms with van der Waals surface area (Å²) in [6.07, 6.45) is 4.17. The van der Waals surface area contributed by atoms with Gasteiger partial charge in [-0.05, 0) is 39.2 Å². The summed E-state index contributed by atoms with van der Waals surface area (Å²) in [6, 6.07) is 1.41. The largest absolute Gasteiger partial charge is 0.329 e. The van der Waals surface area contributed by atoms with E-state index in [1.807, 2.05) is 0 Å². The molecule has 0 radical (unpaired) electrons. The van der Waals surface area contributed by atoms with Crippen molar-refractivity contribution < 1.29 is 0 Å². The first-order chi connectivity index (χ1) is 8.49. The number of piperidine rings is 1. The number of nitrogens with zero attached hydrogens (tertiary/aromatic N) is 2. The van der Waals surface area contributed by atoms with Crippen molar-refractivity contribution in [2.75, 3.05) is 26.2 Å². The molecule has 2 N–H and O–H groups in total. The number of nitrogens with two attached hydrogens (primary N) is 1. The Labute approximate surface area is 113 Å². The molecule has 2 heterocycles. The van der Waals surface area contributed by atoms with E-state index in [1.54, 1.807) is 0 Å². The Hall–Kier alpha value is -0.120. The first-order valence-corrected chi connectivity index (χ1v) is 7.70. The van der Waals surface area contributed by atoms with Gasteiger partial charge < -0.3 is 5.73 Å². The lowest BCUT2D eigenvalue weighted by atomic mass is 9.83. The fourth-order valence-corrected chi connectivity index (χ4v) is 3.75. The van der Waals surface area contributed by atoms with Gasteiger partial charge in [-0.25, -0.2) is 0 Å². The average Bonchev–Trinajstić information content (AvgIpc) is 2.36. The Balaban J connectivity index is 2.13. The van der Waals surface area contributed by atoms with Gasteiger partial charge in [-0.2, -0.15) is 0 Å². The molecule has 2 fully saturated rings. The van der Waals surface area contributed by atoms with Crippen LogP contribution in [-0.2, 0) is 0 Å². The van der Waals surface area contributed by atoms with Gasteiger partial charge in [0.15, 0.2) is 0 Å². The Morgan fingerprint density at radius 3 is 2.61 bits per heavy atom. The van der Waals surface area contributed by atoms with Crippen molar-refractivity contribution >= 4 is 0 Å². The van der Waals surface area contributed by atoms with E-state index in [9.17, 15) is 0 Å². The Morgan fingerprint density at radius 1 is 1.28 bits per heavy atom. The summed E-state index contributed by atoms with van der Waals surface area (Å²) in [6.45, 7) is 13.9. The van der Waals surface area contributed by atoms with Gasteiger partial charge in [0, 0.05) is 37.3 Å². The maximum absolute atomic E-state index is 6.11. The molecule has 3 heteroatoms. The van der Waals surface area contributed by atoms with E-state index in [0.717, 1.165) is 12.6 Å². The maximum Gasteiger partial charge on any atom is 0.0330 e. The highest BCUT2D eigenvalue weighted by atomic mass is 15.3. The van der Waals surface area contributed by atoms with Gasteiger partial charge in [-0.15, -0.1) is 0 Å². The second-order valence-corrected chi connectivity index (χ2v) is 6.86. The van der Waals surface area contributed by atoms with Gasteiger partial charge in [0.25, 0.3) is 0 Å². The molecule has 2 saturated heterocycles. The van der Waals surface area contributed by atoms with Crippen LogP contribution in [0, 0.1) is 5.92 Å². The average molecular weight is 253 g/mol. The quantitative estimate of drug-likeness (QED) is 0.834. The molecule has 0 aromatic rings. The number of fused-ring (bicyclic) bond motifs is 1. The van der Waals surface area contributed by atoms with Crippen LogP contribution in [0.2, 0.25) is 0 Å². The number of hydrogen-bond donors (Lipinski definition) is 1. The summed E-state index contributed by atoms with van der Waals surface area (Å²) in [7, 11) is 0. The molecule has 0 bridgehead atoms. The second-order valence-electron chi connectivity index (χ2n) is 6.86. The highest BCUT2D eigenvalue weighted by molar-refractivity contribution is 4.99. The first kappa shape index (κ1) is 14.3. The highest BCUT2D eigenvalue weighted by Crippen LogP contribution is 2.32. The van der Waals surface area contributed by atoms with E-state index in [0.29, 0.717) is 12.0 Å². The number of piperazine rings is 1. The van der Waals surface area contributed by atoms with Gasteiger partial charge in [0.1, 0.15) is 0 Å². The summed E-state index contributed by atoms with van der Waals surface area (Å²) in [5.41, 5.74) is 6.27. The van der Waals surface area contributed by atoms with Gasteiger partial charge in [-0.1, -0.05) is 20.3 Å². The van der Waals surface area contributed by atoms with Gasteiger partial charge in [-0.3, -0.25) is 9.80 Å². The standard InChI is InChI=1S/C15H31N3/c1-12(2)15(4,11-16)18-10-14-7-5-6-8-17(14)9-13(18)3/h12-14H,5-11,16H2,1-4H3. The van der Waals surface area contributed by atoms with Gasteiger partial charge in [0.05, 0.1) is 0 Å². The van der Waals surface area contributed by atoms with Crippen molar-refractivity contribution in [3.8, 4) is 0 Å². The maximum atomic E-state index is 6.11. The molecule has 2 aliphatic rings. The zero-order valence-electron chi connectivity index (χ0n) is 12.7. The molecule has 3 atom stereocenters. The molecule has 2 aliphatic heterocycles. The third-order valence-corrected chi connectivity index (χ3v) is 5.50. The van der Waals surface area contributed by atoms with Crippen LogP contribution in [0.3, 0.4) is 0 Å². The molecule has 106 valence electrons. The minimum atomic E-state index is 0.156. The normalized spacial score (nSPS) is 34.3. The Bertz CT molecular complexity index is 279. The van der Waals surface area contributed by atoms with Crippen molar-refractivity contribution in [3.05, 3.63) is 0 Å². The lowest BCUT2D eigenvalue weighted by Crippen LogP contribution is -2.67. The summed E-state index contributed by atoms with van der Waals surface area (Å²) in [5, 5.41) is 0. The molecule has 0 spiro atoms. The Morgan fingerprint density at radius 2 is 2.00 bits per heavy atom. The van der Waals surface area contributed by atoms with E-state index in [2.05, 4.69) is 37.5 Å². The van der Waals surface area contributed by atoms with Crippen molar-refractivity contribution in [2.24, 2.45) is 11.7 Å². The summed E-state index contributed by atoms with van der Waals surface area (Å²) < 4.78 is 0. The van der Waals surface area contributed by atoms with E-state index in [4.69, 9.17) is 5.73 Å². The van der Waals surface area contributed by atoms with Crippen LogP contribution in [0.5, 0.6) is 0 Å². The van der Waals surface area contributed by atoms with E-state index in [1.165, 1.54) is 38.9 Å². The molecular formula is C15H31N3. The van der Waals surface area contributed by atoms with Crippen molar-refractivity contribution in [1.29, 1.82) is 0 Å². The van der Waals surface area contributed by atoms with E-state index >= 15 is 0 Å². The van der Waals surface area contributed by atoms with Crippen LogP contribution >= 0.6 is 0 Å². The zero-order valence-corrected chi connectivity index (χ0v) is 12.7. The molecule has 3 unspecified atom stereocenters. The summed E-state index contributed by atoms with van der Waals surface area (Å²) >= 11 is 0. The fraction of sp³-hybridized carbons (Fsp3) is 1.00. The fourth-order valence-electron chi connectivity index (χ4n) is 3.75. The van der Waals surface area contributed by atoms with Crippen molar-refractivity contribution in [2.45, 2.75) is 64.6 Å². The SMILES string of the molecule is CC1CN2CCCCC2CN1C(C)(CN)C(C)C. The molecule has 0 amide bonds. The van der Waals surface area contributed by atoms with Gasteiger partial charge >= 0.3 is 0 Å². The topological polar surface area (TPSA) is 32.5 Å². The lowest BCUT2D eigenvalue weighted by molar-refractivity contribution is -0.0550. The van der Waals surface area contributed by atoms with Crippen LogP contribution < -0.4 is 5.73 Å². The summed E-state index contributed by atoms with van der Waals surface area (Å²) in [5.74, 6) is 0.611. The lowest BCUT2D eigenvalue weighted by Gasteiger charge is -2.55. The van der Waals surface area contributed by atoms with E-state index < -0.39 is 0 Å². The molecule has 0 aromatic carbocycles. The third kappa shape index (κ3) is 2.45. The van der Waals surface area contributed by atoms with Crippen molar-refractivity contribution in [1.82, 2.24) is 9.80 Å². The molecular weight excluding hydrogens is 222 g/mol. The van der Waals surface area contributed by atoms with Crippen molar-refractivity contribution in [3.63, 3.8) is 0 Å². The number of hydrogen-bond acceptors (Lipinski definition) is 3. The minimum absolute atomic E-state index is 0.156. The first-order valence-electron chi connectivity index (χ1n) is 7.70. The third-order valence-electron chi connectivity index (χ3n) is 5.50. The monoisotopic (exact) mass is 253 g/mol. The van der Waals surface area contributed by atoms with Crippen LogP contribution in [0.15, 0.2) is 0 Å². The zero-order chi connectivity index (χ0) is 13.3. The number of rotatable bonds is 3. The predicted molar refractivity (Wildman–Crippen MR) is 77.7 cm³/mol. The molecule has 0 aromatic heterocycles. The minimum Gasteiger partial charge on any atom is -0.329 e. The second kappa shape index (κ2) is 5.48. The molecule has 3 nitrogen and oxygen atoms in total. The van der Waals surface area contributed by atoms with Crippen LogP contribution in [0.25, 0.3) is 0 Å². The molecule has 0 saturated carbocycles. The molecule has 2 rings (SSSR count). The van der Waals surface area contributed by atoms with E-state index in [-0.39, 0.29) is 5.54 Å². The molecule has 18 heavy (non-hydrogen) atoms. The molecule has 0 aliphatic carbocycles. The highest BCUT2D eigenvalue weighted by Gasteiger charge is 2.42. The van der Waals surface area contributed by atoms with Crippen LogP contribution in [0.1, 0.15) is 47.0 Å². The smallest absolute Gasteiger partial charge is 0.0330 e. The van der Waals surface area contributed by atoms with Crippen LogP contribution in [0.4, 0.5) is 0 Å². The summed E-state index contributed by atoms with van der Waals surface area (Å²) in [4.78, 5) is 5.41. The van der Waals surface area contributed by atoms with Crippen LogP contribution in [-0.4, -0.2) is 53.6 Å². The van der Waals surface area contributed by atoms with Gasteiger partial charge in [0.2, 0.25) is 0 Å². The Kier molecular flexibility index (Phi) is 4.35.